The largest absolute Gasteiger partial charge is 0.447 e. The molecule has 0 radical (unpaired) electrons. The zero-order valence-corrected chi connectivity index (χ0v) is 14.0. The van der Waals surface area contributed by atoms with Gasteiger partial charge >= 0.3 is 6.09 Å². The highest BCUT2D eigenvalue weighted by atomic mass is 32.1. The molecule has 2 amide bonds. The van der Waals surface area contributed by atoms with Crippen molar-refractivity contribution in [3.63, 3.8) is 0 Å². The first-order valence-corrected chi connectivity index (χ1v) is 8.47. The minimum Gasteiger partial charge on any atom is -0.447 e. The fourth-order valence-corrected chi connectivity index (χ4v) is 4.14. The van der Waals surface area contributed by atoms with E-state index in [1.165, 1.54) is 11.3 Å². The van der Waals surface area contributed by atoms with Crippen LogP contribution in [0.2, 0.25) is 0 Å². The number of piperidine rings is 1. The Kier molecular flexibility index (Phi) is 4.08. The molecule has 3 heterocycles. The Bertz CT molecular complexity index is 593. The molecule has 22 heavy (non-hydrogen) atoms. The van der Waals surface area contributed by atoms with Gasteiger partial charge in [0.25, 0.3) is 5.91 Å². The van der Waals surface area contributed by atoms with E-state index in [2.05, 4.69) is 4.98 Å². The van der Waals surface area contributed by atoms with E-state index in [0.717, 1.165) is 28.4 Å². The molecule has 0 aliphatic carbocycles. The Morgan fingerprint density at radius 3 is 2.50 bits per heavy atom. The molecule has 7 heteroatoms. The zero-order chi connectivity index (χ0) is 15.9. The number of hydrogen-bond acceptors (Lipinski definition) is 5. The lowest BCUT2D eigenvalue weighted by atomic mass is 10.0. The Morgan fingerprint density at radius 2 is 2.00 bits per heavy atom. The molecule has 0 saturated carbocycles. The van der Waals surface area contributed by atoms with E-state index in [4.69, 9.17) is 4.74 Å². The maximum absolute atomic E-state index is 12.6. The van der Waals surface area contributed by atoms with Gasteiger partial charge in [-0.1, -0.05) is 0 Å². The van der Waals surface area contributed by atoms with Crippen LogP contribution in [-0.4, -0.2) is 58.6 Å². The van der Waals surface area contributed by atoms with Crippen molar-refractivity contribution in [1.29, 1.82) is 0 Å². The lowest BCUT2D eigenvalue weighted by Crippen LogP contribution is -2.49. The van der Waals surface area contributed by atoms with Gasteiger partial charge < -0.3 is 9.64 Å². The Labute approximate surface area is 134 Å². The first kappa shape index (κ1) is 15.3. The van der Waals surface area contributed by atoms with E-state index in [1.54, 1.807) is 0 Å². The van der Waals surface area contributed by atoms with Crippen LogP contribution in [0.15, 0.2) is 0 Å². The third-order valence-corrected chi connectivity index (χ3v) is 5.44. The molecule has 2 fully saturated rings. The van der Waals surface area contributed by atoms with Gasteiger partial charge in [0.2, 0.25) is 0 Å². The lowest BCUT2D eigenvalue weighted by Gasteiger charge is -2.37. The summed E-state index contributed by atoms with van der Waals surface area (Å²) in [7, 11) is 0. The average molecular weight is 323 g/mol. The van der Waals surface area contributed by atoms with Gasteiger partial charge in [0.05, 0.1) is 16.7 Å². The number of likely N-dealkylation sites (tertiary alicyclic amines) is 1. The average Bonchev–Trinajstić information content (AvgIpc) is 3.00. The van der Waals surface area contributed by atoms with Crippen molar-refractivity contribution in [2.45, 2.75) is 45.7 Å². The van der Waals surface area contributed by atoms with E-state index < -0.39 is 0 Å². The molecule has 1 aromatic rings. The summed E-state index contributed by atoms with van der Waals surface area (Å²) >= 11 is 1.46. The fourth-order valence-electron chi connectivity index (χ4n) is 3.26. The third-order valence-electron chi connectivity index (χ3n) is 4.38. The van der Waals surface area contributed by atoms with Crippen molar-refractivity contribution in [2.24, 2.45) is 0 Å². The van der Waals surface area contributed by atoms with Crippen molar-refractivity contribution in [3.8, 4) is 0 Å². The number of thiazole rings is 1. The summed E-state index contributed by atoms with van der Waals surface area (Å²) in [6.07, 6.45) is 1.40. The molecule has 0 spiro atoms. The summed E-state index contributed by atoms with van der Waals surface area (Å²) in [5.41, 5.74) is 0.811. The first-order chi connectivity index (χ1) is 10.5. The summed E-state index contributed by atoms with van der Waals surface area (Å²) in [5.74, 6) is 0.0681. The van der Waals surface area contributed by atoms with E-state index in [-0.39, 0.29) is 24.1 Å². The van der Waals surface area contributed by atoms with Crippen molar-refractivity contribution < 1.29 is 14.3 Å². The number of amides is 2. The van der Waals surface area contributed by atoms with Crippen LogP contribution in [0.5, 0.6) is 0 Å². The number of rotatable bonds is 2. The predicted molar refractivity (Wildman–Crippen MR) is 83.2 cm³/mol. The van der Waals surface area contributed by atoms with Gasteiger partial charge in [-0.15, -0.1) is 11.3 Å². The van der Waals surface area contributed by atoms with Crippen molar-refractivity contribution in [1.82, 2.24) is 14.8 Å². The number of cyclic esters (lactones) is 1. The van der Waals surface area contributed by atoms with Gasteiger partial charge in [-0.3, -0.25) is 9.69 Å². The minimum absolute atomic E-state index is 0.0681. The monoisotopic (exact) mass is 323 g/mol. The second-order valence-electron chi connectivity index (χ2n) is 6.00. The quantitative estimate of drug-likeness (QED) is 0.837. The van der Waals surface area contributed by atoms with Gasteiger partial charge in [0.1, 0.15) is 11.5 Å². The van der Waals surface area contributed by atoms with Crippen LogP contribution in [0.3, 0.4) is 0 Å². The van der Waals surface area contributed by atoms with Crippen LogP contribution in [0.4, 0.5) is 4.79 Å². The molecular formula is C15H21N3O3S. The van der Waals surface area contributed by atoms with Crippen LogP contribution in [0.1, 0.15) is 40.1 Å². The summed E-state index contributed by atoms with van der Waals surface area (Å²) in [4.78, 5) is 33.1. The minimum atomic E-state index is -0.216. The number of ether oxygens (including phenoxy) is 1. The molecule has 1 unspecified atom stereocenters. The molecule has 120 valence electrons. The van der Waals surface area contributed by atoms with Crippen LogP contribution >= 0.6 is 11.3 Å². The van der Waals surface area contributed by atoms with E-state index >= 15 is 0 Å². The third kappa shape index (κ3) is 2.69. The van der Waals surface area contributed by atoms with Gasteiger partial charge in [0.15, 0.2) is 0 Å². The van der Waals surface area contributed by atoms with Crippen molar-refractivity contribution in [2.75, 3.05) is 19.7 Å². The maximum Gasteiger partial charge on any atom is 0.410 e. The van der Waals surface area contributed by atoms with Crippen LogP contribution in [0, 0.1) is 13.8 Å². The van der Waals surface area contributed by atoms with E-state index in [9.17, 15) is 9.59 Å². The number of carbonyl (C=O) groups excluding carboxylic acids is 2. The number of aromatic nitrogens is 1. The lowest BCUT2D eigenvalue weighted by molar-refractivity contribution is 0.0645. The molecule has 1 atom stereocenters. The molecular weight excluding hydrogens is 302 g/mol. The smallest absolute Gasteiger partial charge is 0.410 e. The Morgan fingerprint density at radius 1 is 1.32 bits per heavy atom. The number of carbonyl (C=O) groups is 2. The van der Waals surface area contributed by atoms with Crippen LogP contribution in [0.25, 0.3) is 0 Å². The van der Waals surface area contributed by atoms with E-state index in [0.29, 0.717) is 19.7 Å². The molecule has 2 aliphatic heterocycles. The number of aryl methyl sites for hydroxylation is 2. The van der Waals surface area contributed by atoms with Gasteiger partial charge in [0, 0.05) is 19.1 Å². The Hall–Kier alpha value is -1.63. The fraction of sp³-hybridized carbons (Fsp3) is 0.667. The van der Waals surface area contributed by atoms with Gasteiger partial charge in [-0.05, 0) is 33.6 Å². The first-order valence-electron chi connectivity index (χ1n) is 7.65. The molecule has 6 nitrogen and oxygen atoms in total. The zero-order valence-electron chi connectivity index (χ0n) is 13.2. The number of nitrogens with zero attached hydrogens (tertiary/aromatic N) is 3. The number of hydrogen-bond donors (Lipinski definition) is 0. The van der Waals surface area contributed by atoms with Crippen LogP contribution < -0.4 is 0 Å². The normalized spacial score (nSPS) is 23.0. The summed E-state index contributed by atoms with van der Waals surface area (Å²) in [6, 6.07) is 0.310. The van der Waals surface area contributed by atoms with Gasteiger partial charge in [-0.2, -0.15) is 0 Å². The van der Waals surface area contributed by atoms with Crippen molar-refractivity contribution >= 4 is 23.3 Å². The highest BCUT2D eigenvalue weighted by Crippen LogP contribution is 2.26. The maximum atomic E-state index is 12.6. The standard InChI is InChI=1S/C15H21N3O3S/c1-9-8-21-15(20)18(9)12-4-6-17(7-5-12)14(19)13-10(2)16-11(3)22-13/h9,12H,4-8H2,1-3H3. The molecule has 2 saturated heterocycles. The van der Waals surface area contributed by atoms with Gasteiger partial charge in [-0.25, -0.2) is 9.78 Å². The predicted octanol–water partition coefficient (Wildman–Crippen LogP) is 2.21. The summed E-state index contributed by atoms with van der Waals surface area (Å²) in [6.45, 7) is 7.63. The SMILES string of the molecule is Cc1nc(C)c(C(=O)N2CCC(N3C(=O)OCC3C)CC2)s1. The molecule has 0 bridgehead atoms. The topological polar surface area (TPSA) is 62.7 Å². The summed E-state index contributed by atoms with van der Waals surface area (Å²) in [5, 5.41) is 0.921. The molecule has 3 rings (SSSR count). The second kappa shape index (κ2) is 5.87. The molecule has 0 aromatic carbocycles. The molecule has 2 aliphatic rings. The Balaban J connectivity index is 1.63. The second-order valence-corrected chi connectivity index (χ2v) is 7.21. The molecule has 0 N–H and O–H groups in total. The van der Waals surface area contributed by atoms with Crippen LogP contribution in [-0.2, 0) is 4.74 Å². The van der Waals surface area contributed by atoms with Crippen molar-refractivity contribution in [3.05, 3.63) is 15.6 Å². The molecule has 1 aromatic heterocycles. The van der Waals surface area contributed by atoms with E-state index in [1.807, 2.05) is 30.6 Å². The highest BCUT2D eigenvalue weighted by molar-refractivity contribution is 7.13. The highest BCUT2D eigenvalue weighted by Gasteiger charge is 2.38. The summed E-state index contributed by atoms with van der Waals surface area (Å²) < 4.78 is 5.09.